The van der Waals surface area contributed by atoms with Crippen LogP contribution < -0.4 is 5.32 Å². The largest absolute Gasteiger partial charge is 0.310 e. The zero-order valence-corrected chi connectivity index (χ0v) is 13.3. The van der Waals surface area contributed by atoms with Gasteiger partial charge in [-0.15, -0.1) is 0 Å². The van der Waals surface area contributed by atoms with Crippen molar-refractivity contribution < 1.29 is 0 Å². The first-order chi connectivity index (χ1) is 10.2. The highest BCUT2D eigenvalue weighted by atomic mass is 15.1. The summed E-state index contributed by atoms with van der Waals surface area (Å²) in [5.41, 5.74) is 1.99. The normalized spacial score (nSPS) is 18.3. The van der Waals surface area contributed by atoms with E-state index in [1.807, 2.05) is 24.3 Å². The average molecular weight is 285 g/mol. The van der Waals surface area contributed by atoms with E-state index < -0.39 is 0 Å². The molecule has 1 heterocycles. The van der Waals surface area contributed by atoms with Crippen molar-refractivity contribution >= 4 is 0 Å². The first-order valence-electron chi connectivity index (χ1n) is 8.17. The maximum Gasteiger partial charge on any atom is 0.0991 e. The number of piperidine rings is 1. The van der Waals surface area contributed by atoms with Crippen LogP contribution in [0, 0.1) is 17.2 Å². The summed E-state index contributed by atoms with van der Waals surface area (Å²) in [6.07, 6.45) is 3.88. The Morgan fingerprint density at radius 3 is 2.52 bits per heavy atom. The first kappa shape index (κ1) is 16.0. The molecule has 0 radical (unpaired) electrons. The number of hydrogen-bond acceptors (Lipinski definition) is 3. The molecule has 3 heteroatoms. The lowest BCUT2D eigenvalue weighted by atomic mass is 9.90. The molecule has 1 aliphatic rings. The molecule has 0 aliphatic carbocycles. The van der Waals surface area contributed by atoms with Crippen LogP contribution in [0.25, 0.3) is 0 Å². The van der Waals surface area contributed by atoms with Crippen molar-refractivity contribution in [2.75, 3.05) is 19.6 Å². The lowest BCUT2D eigenvalue weighted by molar-refractivity contribution is 0.162. The monoisotopic (exact) mass is 285 g/mol. The van der Waals surface area contributed by atoms with Crippen LogP contribution in [0.4, 0.5) is 0 Å². The molecule has 1 aromatic carbocycles. The third-order valence-corrected chi connectivity index (χ3v) is 4.59. The molecule has 1 unspecified atom stereocenters. The molecule has 21 heavy (non-hydrogen) atoms. The summed E-state index contributed by atoms with van der Waals surface area (Å²) in [6.45, 7) is 9.21. The summed E-state index contributed by atoms with van der Waals surface area (Å²) in [5, 5.41) is 12.5. The Hall–Kier alpha value is -1.37. The SMILES string of the molecule is CCCN1CCC(C(C)NCc2ccc(C#N)cc2)CC1. The smallest absolute Gasteiger partial charge is 0.0991 e. The molecule has 1 atom stereocenters. The van der Waals surface area contributed by atoms with Crippen LogP contribution in [0.15, 0.2) is 24.3 Å². The van der Waals surface area contributed by atoms with Crippen LogP contribution in [-0.2, 0) is 6.54 Å². The number of nitrogens with zero attached hydrogens (tertiary/aromatic N) is 2. The number of likely N-dealkylation sites (tertiary alicyclic amines) is 1. The number of rotatable bonds is 6. The van der Waals surface area contributed by atoms with Gasteiger partial charge in [-0.1, -0.05) is 19.1 Å². The summed E-state index contributed by atoms with van der Waals surface area (Å²) >= 11 is 0. The average Bonchev–Trinajstić information content (AvgIpc) is 2.54. The summed E-state index contributed by atoms with van der Waals surface area (Å²) in [7, 11) is 0. The second kappa shape index (κ2) is 8.17. The summed E-state index contributed by atoms with van der Waals surface area (Å²) < 4.78 is 0. The van der Waals surface area contributed by atoms with Crippen LogP contribution in [0.5, 0.6) is 0 Å². The van der Waals surface area contributed by atoms with Crippen molar-refractivity contribution in [2.45, 2.75) is 45.7 Å². The van der Waals surface area contributed by atoms with Gasteiger partial charge in [0.1, 0.15) is 0 Å². The van der Waals surface area contributed by atoms with E-state index in [9.17, 15) is 0 Å². The van der Waals surface area contributed by atoms with Crippen molar-refractivity contribution in [3.8, 4) is 6.07 Å². The predicted molar refractivity (Wildman–Crippen MR) is 86.9 cm³/mol. The Kier molecular flexibility index (Phi) is 6.22. The highest BCUT2D eigenvalue weighted by Gasteiger charge is 2.22. The lowest BCUT2D eigenvalue weighted by Gasteiger charge is -2.35. The standard InChI is InChI=1S/C18H27N3/c1-3-10-21-11-8-18(9-12-21)15(2)20-14-17-6-4-16(13-19)5-7-17/h4-7,15,18,20H,3,8-12,14H2,1-2H3. The van der Waals surface area contributed by atoms with E-state index >= 15 is 0 Å². The minimum absolute atomic E-state index is 0.560. The van der Waals surface area contributed by atoms with Crippen molar-refractivity contribution in [1.29, 1.82) is 5.26 Å². The van der Waals surface area contributed by atoms with Gasteiger partial charge in [-0.3, -0.25) is 0 Å². The van der Waals surface area contributed by atoms with Gasteiger partial charge in [-0.05, 0) is 69.4 Å². The third-order valence-electron chi connectivity index (χ3n) is 4.59. The summed E-state index contributed by atoms with van der Waals surface area (Å²) in [6, 6.07) is 10.6. The second-order valence-electron chi connectivity index (χ2n) is 6.16. The first-order valence-corrected chi connectivity index (χ1v) is 8.17. The topological polar surface area (TPSA) is 39.1 Å². The fraction of sp³-hybridized carbons (Fsp3) is 0.611. The van der Waals surface area contributed by atoms with E-state index in [1.54, 1.807) is 0 Å². The van der Waals surface area contributed by atoms with Gasteiger partial charge in [0.25, 0.3) is 0 Å². The van der Waals surface area contributed by atoms with Crippen molar-refractivity contribution in [1.82, 2.24) is 10.2 Å². The molecule has 114 valence electrons. The van der Waals surface area contributed by atoms with E-state index in [0.717, 1.165) is 18.0 Å². The maximum absolute atomic E-state index is 8.81. The Bertz CT molecular complexity index is 452. The number of hydrogen-bond donors (Lipinski definition) is 1. The zero-order chi connectivity index (χ0) is 15.1. The van der Waals surface area contributed by atoms with E-state index in [4.69, 9.17) is 5.26 Å². The van der Waals surface area contributed by atoms with E-state index in [-0.39, 0.29) is 0 Å². The van der Waals surface area contributed by atoms with Crippen LogP contribution >= 0.6 is 0 Å². The molecule has 1 fully saturated rings. The van der Waals surface area contributed by atoms with Crippen molar-refractivity contribution in [3.05, 3.63) is 35.4 Å². The quantitative estimate of drug-likeness (QED) is 0.872. The van der Waals surface area contributed by atoms with E-state index in [0.29, 0.717) is 6.04 Å². The van der Waals surface area contributed by atoms with Crippen LogP contribution in [0.2, 0.25) is 0 Å². The van der Waals surface area contributed by atoms with Gasteiger partial charge in [-0.2, -0.15) is 5.26 Å². The molecule has 1 aromatic rings. The maximum atomic E-state index is 8.81. The molecular weight excluding hydrogens is 258 g/mol. The fourth-order valence-electron chi connectivity index (χ4n) is 3.14. The minimum atomic E-state index is 0.560. The second-order valence-corrected chi connectivity index (χ2v) is 6.16. The predicted octanol–water partition coefficient (Wildman–Crippen LogP) is 3.16. The highest BCUT2D eigenvalue weighted by molar-refractivity contribution is 5.31. The molecule has 0 aromatic heterocycles. The summed E-state index contributed by atoms with van der Waals surface area (Å²) in [5.74, 6) is 0.788. The van der Waals surface area contributed by atoms with E-state index in [1.165, 1.54) is 44.5 Å². The van der Waals surface area contributed by atoms with Gasteiger partial charge >= 0.3 is 0 Å². The van der Waals surface area contributed by atoms with Gasteiger partial charge in [0, 0.05) is 12.6 Å². The molecule has 0 amide bonds. The highest BCUT2D eigenvalue weighted by Crippen LogP contribution is 2.21. The number of benzene rings is 1. The van der Waals surface area contributed by atoms with E-state index in [2.05, 4.69) is 30.1 Å². The van der Waals surface area contributed by atoms with Crippen molar-refractivity contribution in [2.24, 2.45) is 5.92 Å². The van der Waals surface area contributed by atoms with Gasteiger partial charge in [0.05, 0.1) is 11.6 Å². The van der Waals surface area contributed by atoms with Gasteiger partial charge in [0.2, 0.25) is 0 Å². The molecule has 1 N–H and O–H groups in total. The molecule has 0 saturated carbocycles. The Labute approximate surface area is 129 Å². The number of nitriles is 1. The fourth-order valence-corrected chi connectivity index (χ4v) is 3.14. The Balaban J connectivity index is 1.74. The lowest BCUT2D eigenvalue weighted by Crippen LogP contribution is -2.41. The molecule has 0 spiro atoms. The van der Waals surface area contributed by atoms with Gasteiger partial charge in [0.15, 0.2) is 0 Å². The zero-order valence-electron chi connectivity index (χ0n) is 13.3. The van der Waals surface area contributed by atoms with Gasteiger partial charge < -0.3 is 10.2 Å². The van der Waals surface area contributed by atoms with Crippen molar-refractivity contribution in [3.63, 3.8) is 0 Å². The third kappa shape index (κ3) is 4.84. The van der Waals surface area contributed by atoms with Crippen LogP contribution in [0.1, 0.15) is 44.2 Å². The Morgan fingerprint density at radius 1 is 1.29 bits per heavy atom. The molecule has 1 saturated heterocycles. The molecular formula is C18H27N3. The number of nitrogens with one attached hydrogen (secondary N) is 1. The molecule has 0 bridgehead atoms. The van der Waals surface area contributed by atoms with Gasteiger partial charge in [-0.25, -0.2) is 0 Å². The Morgan fingerprint density at radius 2 is 1.95 bits per heavy atom. The molecule has 1 aliphatic heterocycles. The van der Waals surface area contributed by atoms with Crippen LogP contribution in [-0.4, -0.2) is 30.6 Å². The molecule has 2 rings (SSSR count). The van der Waals surface area contributed by atoms with Crippen LogP contribution in [0.3, 0.4) is 0 Å². The summed E-state index contributed by atoms with van der Waals surface area (Å²) in [4.78, 5) is 2.59. The molecule has 3 nitrogen and oxygen atoms in total. The minimum Gasteiger partial charge on any atom is -0.310 e.